The van der Waals surface area contributed by atoms with Crippen LogP contribution in [-0.4, -0.2) is 27.7 Å². The molecule has 110 valence electrons. The van der Waals surface area contributed by atoms with E-state index < -0.39 is 22.6 Å². The van der Waals surface area contributed by atoms with Crippen molar-refractivity contribution in [2.24, 2.45) is 0 Å². The highest BCUT2D eigenvalue weighted by Crippen LogP contribution is 2.31. The van der Waals surface area contributed by atoms with Gasteiger partial charge in [0.2, 0.25) is 5.60 Å². The highest BCUT2D eigenvalue weighted by atomic mass is 19.4. The van der Waals surface area contributed by atoms with Crippen LogP contribution in [0.1, 0.15) is 12.5 Å². The molecule has 1 amide bonds. The quantitative estimate of drug-likeness (QED) is 0.659. The second-order valence-electron chi connectivity index (χ2n) is 4.28. The van der Waals surface area contributed by atoms with Crippen LogP contribution in [0.3, 0.4) is 0 Å². The lowest BCUT2D eigenvalue weighted by atomic mass is 10.1. The highest BCUT2D eigenvalue weighted by molar-refractivity contribution is 5.98. The van der Waals surface area contributed by atoms with Gasteiger partial charge in [0.25, 0.3) is 11.6 Å². The summed E-state index contributed by atoms with van der Waals surface area (Å²) in [5.41, 5.74) is -3.67. The molecule has 0 spiro atoms. The first-order chi connectivity index (χ1) is 8.96. The minimum absolute atomic E-state index is 0.0508. The number of hydrogen-bond acceptors (Lipinski definition) is 4. The van der Waals surface area contributed by atoms with Crippen molar-refractivity contribution in [1.29, 1.82) is 0 Å². The minimum atomic E-state index is -5.13. The number of benzene rings is 1. The van der Waals surface area contributed by atoms with Gasteiger partial charge < -0.3 is 10.4 Å². The van der Waals surface area contributed by atoms with Crippen molar-refractivity contribution in [1.82, 2.24) is 0 Å². The molecule has 1 atom stereocenters. The van der Waals surface area contributed by atoms with Crippen LogP contribution >= 0.6 is 0 Å². The van der Waals surface area contributed by atoms with Crippen molar-refractivity contribution in [2.45, 2.75) is 25.6 Å². The third-order valence-corrected chi connectivity index (χ3v) is 2.66. The van der Waals surface area contributed by atoms with Crippen molar-refractivity contribution >= 4 is 17.3 Å². The summed E-state index contributed by atoms with van der Waals surface area (Å²) in [6.45, 7) is 1.70. The molecule has 1 rings (SSSR count). The van der Waals surface area contributed by atoms with E-state index in [1.165, 1.54) is 6.92 Å². The number of halogens is 3. The van der Waals surface area contributed by atoms with Gasteiger partial charge in [-0.2, -0.15) is 13.2 Å². The number of anilines is 1. The Bertz CT molecular complexity index is 555. The summed E-state index contributed by atoms with van der Waals surface area (Å²) in [5.74, 6) is -1.66. The van der Waals surface area contributed by atoms with Gasteiger partial charge in [0.05, 0.1) is 4.92 Å². The number of carbonyl (C=O) groups is 1. The van der Waals surface area contributed by atoms with Gasteiger partial charge in [-0.3, -0.25) is 14.9 Å². The van der Waals surface area contributed by atoms with Crippen molar-refractivity contribution in [3.05, 3.63) is 33.9 Å². The van der Waals surface area contributed by atoms with Crippen LogP contribution in [0.25, 0.3) is 0 Å². The summed E-state index contributed by atoms with van der Waals surface area (Å²) in [6.07, 6.45) is -5.13. The van der Waals surface area contributed by atoms with E-state index in [9.17, 15) is 28.1 Å². The van der Waals surface area contributed by atoms with Gasteiger partial charge in [-0.1, -0.05) is 0 Å². The number of amides is 1. The molecule has 6 nitrogen and oxygen atoms in total. The maximum Gasteiger partial charge on any atom is 0.426 e. The molecule has 0 aliphatic rings. The van der Waals surface area contributed by atoms with Crippen molar-refractivity contribution in [3.63, 3.8) is 0 Å². The molecule has 2 N–H and O–H groups in total. The molecule has 9 heteroatoms. The van der Waals surface area contributed by atoms with Gasteiger partial charge >= 0.3 is 6.18 Å². The molecule has 0 aliphatic heterocycles. The normalized spacial score (nSPS) is 14.5. The summed E-state index contributed by atoms with van der Waals surface area (Å²) in [5, 5.41) is 21.6. The molecule has 0 aliphatic carbocycles. The molecule has 0 bridgehead atoms. The summed E-state index contributed by atoms with van der Waals surface area (Å²) >= 11 is 0. The van der Waals surface area contributed by atoms with Crippen LogP contribution < -0.4 is 5.32 Å². The Hall–Kier alpha value is -2.16. The molecule has 0 unspecified atom stereocenters. The van der Waals surface area contributed by atoms with E-state index in [1.54, 1.807) is 0 Å². The molecular weight excluding hydrogens is 281 g/mol. The van der Waals surface area contributed by atoms with E-state index in [0.717, 1.165) is 18.2 Å². The topological polar surface area (TPSA) is 92.5 Å². The van der Waals surface area contributed by atoms with Gasteiger partial charge in [0.15, 0.2) is 0 Å². The smallest absolute Gasteiger partial charge is 0.373 e. The molecule has 0 saturated heterocycles. The van der Waals surface area contributed by atoms with Crippen LogP contribution in [0.5, 0.6) is 0 Å². The molecule has 0 heterocycles. The average Bonchev–Trinajstić information content (AvgIpc) is 2.29. The zero-order chi connectivity index (χ0) is 15.7. The van der Waals surface area contributed by atoms with Gasteiger partial charge in [-0.25, -0.2) is 0 Å². The van der Waals surface area contributed by atoms with E-state index in [4.69, 9.17) is 5.11 Å². The Morgan fingerprint density at radius 1 is 1.40 bits per heavy atom. The zero-order valence-electron chi connectivity index (χ0n) is 10.5. The predicted octanol–water partition coefficient (Wildman–Crippen LogP) is 2.16. The van der Waals surface area contributed by atoms with Gasteiger partial charge in [-0.05, 0) is 25.5 Å². The zero-order valence-corrected chi connectivity index (χ0v) is 10.5. The lowest BCUT2D eigenvalue weighted by Gasteiger charge is -2.25. The van der Waals surface area contributed by atoms with Crippen molar-refractivity contribution < 1.29 is 28.0 Å². The number of nitrogens with zero attached hydrogens (tertiary/aromatic N) is 1. The van der Waals surface area contributed by atoms with Crippen LogP contribution in [0.15, 0.2) is 18.2 Å². The highest BCUT2D eigenvalue weighted by Gasteiger charge is 2.55. The predicted molar refractivity (Wildman–Crippen MR) is 63.1 cm³/mol. The molecule has 0 fully saturated rings. The van der Waals surface area contributed by atoms with E-state index in [-0.39, 0.29) is 16.9 Å². The lowest BCUT2D eigenvalue weighted by Crippen LogP contribution is -2.52. The fourth-order valence-corrected chi connectivity index (χ4v) is 1.27. The summed E-state index contributed by atoms with van der Waals surface area (Å²) < 4.78 is 37.4. The third-order valence-electron chi connectivity index (χ3n) is 2.66. The maximum atomic E-state index is 12.5. The molecule has 0 saturated carbocycles. The molecule has 20 heavy (non-hydrogen) atoms. The number of non-ortho nitro benzene ring substituents is 1. The molecule has 1 aromatic rings. The minimum Gasteiger partial charge on any atom is -0.373 e. The Morgan fingerprint density at radius 3 is 2.35 bits per heavy atom. The number of carbonyl (C=O) groups excluding carboxylic acids is 1. The first kappa shape index (κ1) is 15.9. The van der Waals surface area contributed by atoms with Crippen molar-refractivity contribution in [2.75, 3.05) is 5.32 Å². The largest absolute Gasteiger partial charge is 0.426 e. The molecular formula is C11H11F3N2O4. The van der Waals surface area contributed by atoms with Gasteiger partial charge in [0, 0.05) is 17.8 Å². The summed E-state index contributed by atoms with van der Waals surface area (Å²) in [7, 11) is 0. The first-order valence-electron chi connectivity index (χ1n) is 5.32. The third kappa shape index (κ3) is 3.05. The van der Waals surface area contributed by atoms with E-state index in [1.807, 2.05) is 5.32 Å². The Morgan fingerprint density at radius 2 is 1.95 bits per heavy atom. The number of alkyl halides is 3. The van der Waals surface area contributed by atoms with Crippen molar-refractivity contribution in [3.8, 4) is 0 Å². The van der Waals surface area contributed by atoms with Gasteiger partial charge in [0.1, 0.15) is 0 Å². The monoisotopic (exact) mass is 292 g/mol. The average molecular weight is 292 g/mol. The Kier molecular flexibility index (Phi) is 4.04. The standard InChI is InChI=1S/C11H11F3N2O4/c1-6-5-7(16(19)20)3-4-8(6)15-9(17)10(2,18)11(12,13)14/h3-5,18H,1-2H3,(H,15,17)/t10-/m1/s1. The number of hydrogen-bond donors (Lipinski definition) is 2. The maximum absolute atomic E-state index is 12.5. The fourth-order valence-electron chi connectivity index (χ4n) is 1.27. The van der Waals surface area contributed by atoms with Crippen LogP contribution in [0, 0.1) is 17.0 Å². The second kappa shape index (κ2) is 5.08. The second-order valence-corrected chi connectivity index (χ2v) is 4.28. The number of aliphatic hydroxyl groups is 1. The van der Waals surface area contributed by atoms with Crippen LogP contribution in [0.2, 0.25) is 0 Å². The SMILES string of the molecule is Cc1cc([N+](=O)[O-])ccc1NC(=O)[C@@](C)(O)C(F)(F)F. The number of aryl methyl sites for hydroxylation is 1. The first-order valence-corrected chi connectivity index (χ1v) is 5.32. The van der Waals surface area contributed by atoms with E-state index >= 15 is 0 Å². The molecule has 0 aromatic heterocycles. The number of nitrogens with one attached hydrogen (secondary N) is 1. The Labute approximate surface area is 111 Å². The molecule has 0 radical (unpaired) electrons. The fraction of sp³-hybridized carbons (Fsp3) is 0.364. The molecule has 1 aromatic carbocycles. The van der Waals surface area contributed by atoms with Crippen LogP contribution in [-0.2, 0) is 4.79 Å². The number of rotatable bonds is 3. The van der Waals surface area contributed by atoms with E-state index in [2.05, 4.69) is 0 Å². The summed E-state index contributed by atoms with van der Waals surface area (Å²) in [6, 6.07) is 3.22. The lowest BCUT2D eigenvalue weighted by molar-refractivity contribution is -0.384. The summed E-state index contributed by atoms with van der Waals surface area (Å²) in [4.78, 5) is 21.3. The Balaban J connectivity index is 3.00. The number of nitro groups is 1. The number of nitro benzene ring substituents is 1. The van der Waals surface area contributed by atoms with Crippen LogP contribution in [0.4, 0.5) is 24.5 Å². The van der Waals surface area contributed by atoms with E-state index in [0.29, 0.717) is 6.92 Å². The van der Waals surface area contributed by atoms with Gasteiger partial charge in [-0.15, -0.1) is 0 Å².